The second-order valence-corrected chi connectivity index (χ2v) is 8.21. The molecule has 0 unspecified atom stereocenters. The van der Waals surface area contributed by atoms with E-state index in [9.17, 15) is 0 Å². The van der Waals surface area contributed by atoms with Gasteiger partial charge in [-0.25, -0.2) is 9.97 Å². The minimum absolute atomic E-state index is 0.0230. The van der Waals surface area contributed by atoms with E-state index in [2.05, 4.69) is 59.4 Å². The van der Waals surface area contributed by atoms with Gasteiger partial charge < -0.3 is 15.0 Å². The molecule has 3 aromatic rings. The van der Waals surface area contributed by atoms with Crippen LogP contribution < -0.4 is 10.2 Å². The lowest BCUT2D eigenvalue weighted by atomic mass is 9.83. The van der Waals surface area contributed by atoms with Crippen LogP contribution in [0.15, 0.2) is 36.4 Å². The number of likely N-dealkylation sites (N-methyl/N-ethyl adjacent to an activating group) is 1. The van der Waals surface area contributed by atoms with Gasteiger partial charge in [-0.05, 0) is 17.9 Å². The average Bonchev–Trinajstić information content (AvgIpc) is 3.09. The summed E-state index contributed by atoms with van der Waals surface area (Å²) in [6.07, 6.45) is 0. The number of hydrogen-bond acceptors (Lipinski definition) is 6. The number of nitrogens with one attached hydrogen (secondary N) is 2. The van der Waals surface area contributed by atoms with Crippen LogP contribution >= 0.6 is 0 Å². The van der Waals surface area contributed by atoms with E-state index in [0.29, 0.717) is 18.2 Å². The molecule has 154 valence electrons. The molecule has 2 N–H and O–H groups in total. The molecule has 0 radical (unpaired) electrons. The van der Waals surface area contributed by atoms with Crippen molar-refractivity contribution in [1.82, 2.24) is 20.2 Å². The second-order valence-electron chi connectivity index (χ2n) is 8.21. The van der Waals surface area contributed by atoms with Gasteiger partial charge in [-0.2, -0.15) is 5.10 Å². The maximum atomic E-state index is 5.23. The molecule has 0 aliphatic heterocycles. The number of methoxy groups -OCH3 is 1. The van der Waals surface area contributed by atoms with E-state index in [1.807, 2.05) is 32.2 Å². The predicted molar refractivity (Wildman–Crippen MR) is 118 cm³/mol. The zero-order chi connectivity index (χ0) is 21.0. The molecule has 7 heteroatoms. The highest BCUT2D eigenvalue weighted by Gasteiger charge is 2.21. The molecular formula is C22H30N6O. The number of aromatic amines is 1. The first-order chi connectivity index (χ1) is 13.8. The lowest BCUT2D eigenvalue weighted by molar-refractivity contribution is 0.206. The van der Waals surface area contributed by atoms with Gasteiger partial charge in [0.05, 0.1) is 6.61 Å². The van der Waals surface area contributed by atoms with E-state index in [1.54, 1.807) is 7.11 Å². The van der Waals surface area contributed by atoms with Crippen molar-refractivity contribution in [3.05, 3.63) is 47.7 Å². The molecule has 0 bridgehead atoms. The molecule has 0 atom stereocenters. The lowest BCUT2D eigenvalue weighted by Crippen LogP contribution is -2.23. The molecule has 0 saturated heterocycles. The number of anilines is 3. The Morgan fingerprint density at radius 1 is 1.10 bits per heavy atom. The minimum atomic E-state index is -0.0230. The van der Waals surface area contributed by atoms with Crippen LogP contribution in [0.2, 0.25) is 0 Å². The smallest absolute Gasteiger partial charge is 0.164 e. The van der Waals surface area contributed by atoms with Crippen LogP contribution in [-0.4, -0.2) is 47.5 Å². The molecule has 0 saturated carbocycles. The fourth-order valence-electron chi connectivity index (χ4n) is 3.10. The number of hydrogen-bond donors (Lipinski definition) is 2. The Hall–Kier alpha value is -2.93. The van der Waals surface area contributed by atoms with Crippen molar-refractivity contribution >= 4 is 17.5 Å². The number of benzene rings is 1. The highest BCUT2D eigenvalue weighted by atomic mass is 16.5. The van der Waals surface area contributed by atoms with Crippen LogP contribution in [0.25, 0.3) is 11.4 Å². The Labute approximate surface area is 172 Å². The average molecular weight is 395 g/mol. The van der Waals surface area contributed by atoms with Crippen LogP contribution in [0.3, 0.4) is 0 Å². The Morgan fingerprint density at radius 3 is 2.52 bits per heavy atom. The highest BCUT2D eigenvalue weighted by Crippen LogP contribution is 2.33. The summed E-state index contributed by atoms with van der Waals surface area (Å²) in [6.45, 7) is 9.92. The first-order valence-electron chi connectivity index (χ1n) is 9.76. The SMILES string of the molecule is COCCN(C)c1cc(Nc2cc(C)[nH]n2)nc(-c2ccccc2C(C)(C)C)n1. The first kappa shape index (κ1) is 20.8. The van der Waals surface area contributed by atoms with Crippen LogP contribution in [0.4, 0.5) is 17.5 Å². The van der Waals surface area contributed by atoms with Gasteiger partial charge in [0.25, 0.3) is 0 Å². The van der Waals surface area contributed by atoms with E-state index in [0.717, 1.165) is 29.4 Å². The van der Waals surface area contributed by atoms with E-state index in [4.69, 9.17) is 14.7 Å². The van der Waals surface area contributed by atoms with Gasteiger partial charge in [0.1, 0.15) is 11.6 Å². The number of ether oxygens (including phenoxy) is 1. The van der Waals surface area contributed by atoms with Crippen LogP contribution in [0.1, 0.15) is 32.0 Å². The van der Waals surface area contributed by atoms with Gasteiger partial charge in [0.15, 0.2) is 11.6 Å². The molecule has 1 aromatic carbocycles. The van der Waals surface area contributed by atoms with Gasteiger partial charge in [-0.3, -0.25) is 5.10 Å². The first-order valence-corrected chi connectivity index (χ1v) is 9.76. The molecule has 3 rings (SSSR count). The number of nitrogens with zero attached hydrogens (tertiary/aromatic N) is 4. The van der Waals surface area contributed by atoms with Gasteiger partial charge in [-0.1, -0.05) is 45.0 Å². The summed E-state index contributed by atoms with van der Waals surface area (Å²) >= 11 is 0. The third-order valence-corrected chi connectivity index (χ3v) is 4.67. The summed E-state index contributed by atoms with van der Waals surface area (Å²) in [5, 5.41) is 10.5. The third-order valence-electron chi connectivity index (χ3n) is 4.67. The van der Waals surface area contributed by atoms with Crippen LogP contribution in [0.5, 0.6) is 0 Å². The molecule has 0 spiro atoms. The maximum Gasteiger partial charge on any atom is 0.164 e. The van der Waals surface area contributed by atoms with Crippen molar-refractivity contribution in [1.29, 1.82) is 0 Å². The molecule has 7 nitrogen and oxygen atoms in total. The molecule has 29 heavy (non-hydrogen) atoms. The third kappa shape index (κ3) is 5.12. The predicted octanol–water partition coefficient (Wildman–Crippen LogP) is 4.30. The Morgan fingerprint density at radius 2 is 1.86 bits per heavy atom. The Balaban J connectivity index is 2.07. The number of aryl methyl sites for hydroxylation is 1. The summed E-state index contributed by atoms with van der Waals surface area (Å²) in [5.74, 6) is 2.93. The molecule has 0 aliphatic carbocycles. The number of H-pyrrole nitrogens is 1. The van der Waals surface area contributed by atoms with Crippen molar-refractivity contribution < 1.29 is 4.74 Å². The number of rotatable bonds is 7. The molecule has 2 aromatic heterocycles. The van der Waals surface area contributed by atoms with Crippen molar-refractivity contribution in [2.75, 3.05) is 37.5 Å². The monoisotopic (exact) mass is 394 g/mol. The summed E-state index contributed by atoms with van der Waals surface area (Å²) in [7, 11) is 3.70. The van der Waals surface area contributed by atoms with E-state index >= 15 is 0 Å². The van der Waals surface area contributed by atoms with Crippen molar-refractivity contribution in [2.24, 2.45) is 0 Å². The quantitative estimate of drug-likeness (QED) is 0.622. The molecule has 0 aliphatic rings. The summed E-state index contributed by atoms with van der Waals surface area (Å²) < 4.78 is 5.23. The van der Waals surface area contributed by atoms with Crippen LogP contribution in [-0.2, 0) is 10.2 Å². The topological polar surface area (TPSA) is 79.0 Å². The molecular weight excluding hydrogens is 364 g/mol. The maximum absolute atomic E-state index is 5.23. The van der Waals surface area contributed by atoms with Crippen molar-refractivity contribution in [2.45, 2.75) is 33.1 Å². The zero-order valence-corrected chi connectivity index (χ0v) is 18.1. The highest BCUT2D eigenvalue weighted by molar-refractivity contribution is 5.67. The summed E-state index contributed by atoms with van der Waals surface area (Å²) in [6, 6.07) is 12.2. The Kier molecular flexibility index (Phi) is 6.17. The van der Waals surface area contributed by atoms with E-state index in [1.165, 1.54) is 5.56 Å². The Bertz CT molecular complexity index is 960. The second kappa shape index (κ2) is 8.61. The van der Waals surface area contributed by atoms with Gasteiger partial charge >= 0.3 is 0 Å². The van der Waals surface area contributed by atoms with Crippen molar-refractivity contribution in [3.63, 3.8) is 0 Å². The molecule has 2 heterocycles. The summed E-state index contributed by atoms with van der Waals surface area (Å²) in [5.41, 5.74) is 3.20. The van der Waals surface area contributed by atoms with E-state index in [-0.39, 0.29) is 5.41 Å². The van der Waals surface area contributed by atoms with Crippen molar-refractivity contribution in [3.8, 4) is 11.4 Å². The zero-order valence-electron chi connectivity index (χ0n) is 18.1. The fraction of sp³-hybridized carbons (Fsp3) is 0.409. The molecule has 0 amide bonds. The summed E-state index contributed by atoms with van der Waals surface area (Å²) in [4.78, 5) is 11.7. The van der Waals surface area contributed by atoms with Gasteiger partial charge in [0, 0.05) is 44.1 Å². The fourth-order valence-corrected chi connectivity index (χ4v) is 3.10. The lowest BCUT2D eigenvalue weighted by Gasteiger charge is -2.24. The molecule has 0 fully saturated rings. The van der Waals surface area contributed by atoms with E-state index < -0.39 is 0 Å². The largest absolute Gasteiger partial charge is 0.383 e. The van der Waals surface area contributed by atoms with Crippen LogP contribution in [0, 0.1) is 6.92 Å². The van der Waals surface area contributed by atoms with Gasteiger partial charge in [0.2, 0.25) is 0 Å². The van der Waals surface area contributed by atoms with Gasteiger partial charge in [-0.15, -0.1) is 0 Å². The minimum Gasteiger partial charge on any atom is -0.383 e. The normalized spacial score (nSPS) is 11.5. The standard InChI is InChI=1S/C22H30N6O/c1-15-13-19(27-26-15)23-18-14-20(28(5)11-12-29-6)25-21(24-18)16-9-7-8-10-17(16)22(2,3)4/h7-10,13-14H,11-12H2,1-6H3,(H2,23,24,25,26,27). The number of aromatic nitrogens is 4.